The van der Waals surface area contributed by atoms with Crippen LogP contribution in [0.1, 0.15) is 19.4 Å². The number of benzene rings is 1. The molecule has 1 aliphatic rings. The van der Waals surface area contributed by atoms with Crippen molar-refractivity contribution >= 4 is 11.4 Å². The van der Waals surface area contributed by atoms with Gasteiger partial charge in [0.2, 0.25) is 0 Å². The minimum Gasteiger partial charge on any atom is -0.383 e. The first-order valence-corrected chi connectivity index (χ1v) is 7.37. The van der Waals surface area contributed by atoms with E-state index in [2.05, 4.69) is 26.0 Å². The minimum atomic E-state index is 0.0879. The number of hydrogen-bond donors (Lipinski definition) is 0. The van der Waals surface area contributed by atoms with Crippen LogP contribution in [0.4, 0.5) is 0 Å². The summed E-state index contributed by atoms with van der Waals surface area (Å²) in [5.41, 5.74) is 2.48. The van der Waals surface area contributed by atoms with Gasteiger partial charge in [0.15, 0.2) is 5.78 Å². The van der Waals surface area contributed by atoms with Gasteiger partial charge in [-0.2, -0.15) is 0 Å². The Morgan fingerprint density at radius 1 is 1.10 bits per heavy atom. The van der Waals surface area contributed by atoms with Gasteiger partial charge in [-0.1, -0.05) is 62.4 Å². The van der Waals surface area contributed by atoms with Crippen LogP contribution < -0.4 is 0 Å². The molecule has 1 aliphatic carbocycles. The molecule has 0 heterocycles. The Kier molecular flexibility index (Phi) is 4.79. The highest BCUT2D eigenvalue weighted by Gasteiger charge is 2.20. The van der Waals surface area contributed by atoms with Crippen molar-refractivity contribution < 1.29 is 4.79 Å². The number of rotatable bonds is 4. The van der Waals surface area contributed by atoms with Crippen molar-refractivity contribution in [3.05, 3.63) is 65.9 Å². The summed E-state index contributed by atoms with van der Waals surface area (Å²) in [6.45, 7) is 4.33. The van der Waals surface area contributed by atoms with Crippen molar-refractivity contribution in [2.75, 3.05) is 14.1 Å². The zero-order valence-electron chi connectivity index (χ0n) is 13.2. The van der Waals surface area contributed by atoms with E-state index in [0.29, 0.717) is 11.8 Å². The highest BCUT2D eigenvalue weighted by atomic mass is 16.1. The van der Waals surface area contributed by atoms with Gasteiger partial charge in [0.25, 0.3) is 0 Å². The average Bonchev–Trinajstić information content (AvgIpc) is 2.47. The van der Waals surface area contributed by atoms with Gasteiger partial charge in [0, 0.05) is 31.4 Å². The summed E-state index contributed by atoms with van der Waals surface area (Å²) < 4.78 is 0. The van der Waals surface area contributed by atoms with Crippen molar-refractivity contribution in [1.82, 2.24) is 4.90 Å². The molecule has 2 heteroatoms. The third-order valence-electron chi connectivity index (χ3n) is 3.83. The molecule has 0 spiro atoms. The molecule has 2 nitrogen and oxygen atoms in total. The van der Waals surface area contributed by atoms with Gasteiger partial charge >= 0.3 is 0 Å². The fourth-order valence-corrected chi connectivity index (χ4v) is 2.37. The van der Waals surface area contributed by atoms with Crippen LogP contribution in [0, 0.1) is 11.8 Å². The summed E-state index contributed by atoms with van der Waals surface area (Å²) in [4.78, 5) is 14.8. The molecule has 1 aromatic carbocycles. The quantitative estimate of drug-likeness (QED) is 0.779. The fourth-order valence-electron chi connectivity index (χ4n) is 2.37. The van der Waals surface area contributed by atoms with Gasteiger partial charge in [0.1, 0.15) is 0 Å². The smallest absolute Gasteiger partial charge is 0.194 e. The number of allylic oxidation sites excluding steroid dienone is 5. The van der Waals surface area contributed by atoms with E-state index in [4.69, 9.17) is 0 Å². The zero-order valence-corrected chi connectivity index (χ0v) is 13.2. The highest BCUT2D eigenvalue weighted by molar-refractivity contribution is 6.29. The summed E-state index contributed by atoms with van der Waals surface area (Å²) in [5, 5.41) is 0. The second-order valence-corrected chi connectivity index (χ2v) is 5.90. The zero-order chi connectivity index (χ0) is 15.4. The molecule has 0 amide bonds. The van der Waals surface area contributed by atoms with Crippen LogP contribution in [-0.2, 0) is 4.79 Å². The topological polar surface area (TPSA) is 20.3 Å². The highest BCUT2D eigenvalue weighted by Crippen LogP contribution is 2.27. The summed E-state index contributed by atoms with van der Waals surface area (Å²) >= 11 is 0. The van der Waals surface area contributed by atoms with Crippen LogP contribution in [0.15, 0.2) is 60.3 Å². The lowest BCUT2D eigenvalue weighted by Crippen LogP contribution is -2.14. The number of carbonyl (C=O) groups is 1. The number of Topliss-reactive ketones (excluding diaryl/α,β-unsaturated/α-hetero) is 1. The maximum Gasteiger partial charge on any atom is 0.194 e. The monoisotopic (exact) mass is 281 g/mol. The Bertz CT molecular complexity index is 593. The van der Waals surface area contributed by atoms with E-state index in [0.717, 1.165) is 16.7 Å². The summed E-state index contributed by atoms with van der Waals surface area (Å²) in [7, 11) is 3.87. The van der Waals surface area contributed by atoms with Crippen LogP contribution >= 0.6 is 0 Å². The van der Waals surface area contributed by atoms with E-state index in [9.17, 15) is 4.79 Å². The van der Waals surface area contributed by atoms with Crippen LogP contribution in [0.5, 0.6) is 0 Å². The molecule has 0 saturated carbocycles. The number of nitrogens with zero attached hydrogens (tertiary/aromatic N) is 1. The second kappa shape index (κ2) is 6.57. The number of hydrogen-bond acceptors (Lipinski definition) is 2. The van der Waals surface area contributed by atoms with Crippen LogP contribution in [-0.4, -0.2) is 24.8 Å². The summed E-state index contributed by atoms with van der Waals surface area (Å²) in [6.07, 6.45) is 8.06. The fraction of sp³-hybridized carbons (Fsp3) is 0.316. The van der Waals surface area contributed by atoms with Crippen LogP contribution in [0.25, 0.3) is 5.57 Å². The van der Waals surface area contributed by atoms with Crippen LogP contribution in [0.3, 0.4) is 0 Å². The second-order valence-electron chi connectivity index (χ2n) is 5.90. The van der Waals surface area contributed by atoms with Crippen molar-refractivity contribution in [2.45, 2.75) is 13.8 Å². The summed E-state index contributed by atoms with van der Waals surface area (Å²) in [6, 6.07) is 9.84. The van der Waals surface area contributed by atoms with E-state index in [1.807, 2.05) is 61.6 Å². The lowest BCUT2D eigenvalue weighted by atomic mass is 9.85. The molecule has 0 radical (unpaired) electrons. The first-order valence-electron chi connectivity index (χ1n) is 7.37. The summed E-state index contributed by atoms with van der Waals surface area (Å²) in [5.74, 6) is 0.967. The SMILES string of the molecule is CC1C=CC(C(=O)/C(=C\N(C)C)c2ccccc2)=CC1C. The van der Waals surface area contributed by atoms with Gasteiger partial charge in [-0.3, -0.25) is 4.79 Å². The third kappa shape index (κ3) is 3.72. The molecule has 2 atom stereocenters. The molecule has 0 aromatic heterocycles. The maximum absolute atomic E-state index is 12.9. The Hall–Kier alpha value is -2.09. The first-order chi connectivity index (χ1) is 9.99. The van der Waals surface area contributed by atoms with Crippen LogP contribution in [0.2, 0.25) is 0 Å². The molecule has 0 N–H and O–H groups in total. The molecule has 0 bridgehead atoms. The molecule has 2 rings (SSSR count). The van der Waals surface area contributed by atoms with Crippen molar-refractivity contribution in [3.63, 3.8) is 0 Å². The Labute approximate surface area is 127 Å². The lowest BCUT2D eigenvalue weighted by molar-refractivity contribution is -0.110. The Balaban J connectivity index is 2.37. The lowest BCUT2D eigenvalue weighted by Gasteiger charge is -2.20. The third-order valence-corrected chi connectivity index (χ3v) is 3.83. The normalized spacial score (nSPS) is 21.9. The van der Waals surface area contributed by atoms with E-state index in [-0.39, 0.29) is 5.78 Å². The van der Waals surface area contributed by atoms with E-state index in [1.54, 1.807) is 0 Å². The van der Waals surface area contributed by atoms with E-state index >= 15 is 0 Å². The van der Waals surface area contributed by atoms with Gasteiger partial charge in [-0.15, -0.1) is 0 Å². The first kappa shape index (κ1) is 15.3. The van der Waals surface area contributed by atoms with Gasteiger partial charge in [-0.25, -0.2) is 0 Å². The average molecular weight is 281 g/mol. The van der Waals surface area contributed by atoms with Crippen molar-refractivity contribution in [1.29, 1.82) is 0 Å². The Morgan fingerprint density at radius 3 is 2.33 bits per heavy atom. The van der Waals surface area contributed by atoms with Gasteiger partial charge < -0.3 is 4.90 Å². The van der Waals surface area contributed by atoms with Crippen molar-refractivity contribution in [2.24, 2.45) is 11.8 Å². The van der Waals surface area contributed by atoms with E-state index < -0.39 is 0 Å². The molecular weight excluding hydrogens is 258 g/mol. The number of carbonyl (C=O) groups excluding carboxylic acids is 1. The minimum absolute atomic E-state index is 0.0879. The van der Waals surface area contributed by atoms with E-state index in [1.165, 1.54) is 0 Å². The predicted octanol–water partition coefficient (Wildman–Crippen LogP) is 3.93. The molecule has 0 fully saturated rings. The molecule has 0 aliphatic heterocycles. The molecular formula is C19H23NO. The molecule has 0 saturated heterocycles. The standard InChI is InChI=1S/C19H23NO/c1-14-10-11-17(12-15(14)2)19(21)18(13-20(3)4)16-8-6-5-7-9-16/h5-15H,1-4H3/b18-13-. The van der Waals surface area contributed by atoms with Crippen molar-refractivity contribution in [3.8, 4) is 0 Å². The largest absolute Gasteiger partial charge is 0.383 e. The maximum atomic E-state index is 12.9. The molecule has 110 valence electrons. The molecule has 2 unspecified atom stereocenters. The molecule has 21 heavy (non-hydrogen) atoms. The predicted molar refractivity (Wildman–Crippen MR) is 88.7 cm³/mol. The number of ketones is 1. The van der Waals surface area contributed by atoms with Gasteiger partial charge in [-0.05, 0) is 17.4 Å². The van der Waals surface area contributed by atoms with Gasteiger partial charge in [0.05, 0.1) is 0 Å². The Morgan fingerprint density at radius 2 is 1.76 bits per heavy atom. The molecule has 1 aromatic rings.